The minimum Gasteiger partial charge on any atom is -0.311 e. The Kier molecular flexibility index (Phi) is 8.72. The summed E-state index contributed by atoms with van der Waals surface area (Å²) in [6.07, 6.45) is 5.96. The van der Waals surface area contributed by atoms with Crippen LogP contribution in [0.4, 0.5) is 17.1 Å². The molecular weight excluding hydrogens is 735 g/mol. The van der Waals surface area contributed by atoms with E-state index in [0.29, 0.717) is 5.92 Å². The molecule has 0 spiro atoms. The van der Waals surface area contributed by atoms with Crippen LogP contribution < -0.4 is 4.90 Å². The molecule has 0 aliphatic heterocycles. The zero-order valence-electron chi connectivity index (χ0n) is 35.4. The third-order valence-electron chi connectivity index (χ3n) is 13.9. The molecule has 3 aliphatic rings. The highest BCUT2D eigenvalue weighted by Gasteiger charge is 2.42. The van der Waals surface area contributed by atoms with Crippen molar-refractivity contribution in [2.45, 2.75) is 50.9 Å². The Hall–Kier alpha value is -6.96. The first-order valence-corrected chi connectivity index (χ1v) is 21.8. The Balaban J connectivity index is 0.925. The van der Waals surface area contributed by atoms with Crippen molar-refractivity contribution in [1.29, 1.82) is 0 Å². The zero-order valence-corrected chi connectivity index (χ0v) is 35.4. The van der Waals surface area contributed by atoms with Gasteiger partial charge in [0.05, 0.1) is 0 Å². The monoisotopic (exact) mass is 783 g/mol. The molecule has 0 fully saturated rings. The van der Waals surface area contributed by atoms with Crippen molar-refractivity contribution in [3.8, 4) is 44.5 Å². The number of anilines is 3. The Bertz CT molecular complexity index is 3000. The maximum Gasteiger partial charge on any atom is 0.0462 e. The molecule has 1 nitrogen and oxygen atoms in total. The quantitative estimate of drug-likeness (QED) is 0.156. The van der Waals surface area contributed by atoms with Crippen molar-refractivity contribution < 1.29 is 0 Å². The van der Waals surface area contributed by atoms with Crippen molar-refractivity contribution in [3.05, 3.63) is 240 Å². The fourth-order valence-electron chi connectivity index (χ4n) is 10.6. The van der Waals surface area contributed by atoms with E-state index in [4.69, 9.17) is 0 Å². The molecule has 1 unspecified atom stereocenters. The molecule has 8 aromatic rings. The van der Waals surface area contributed by atoms with Crippen LogP contribution in [0, 0.1) is 0 Å². The minimum absolute atomic E-state index is 0.0285. The van der Waals surface area contributed by atoms with Crippen molar-refractivity contribution >= 4 is 22.6 Å². The molecule has 0 aromatic heterocycles. The number of allylic oxidation sites excluding steroid dienone is 4. The van der Waals surface area contributed by atoms with Crippen molar-refractivity contribution in [3.63, 3.8) is 0 Å². The van der Waals surface area contributed by atoms with Crippen LogP contribution in [0.2, 0.25) is 0 Å². The number of nitrogens with zero attached hydrogens (tertiary/aromatic N) is 1. The fraction of sp³-hybridized carbons (Fsp3) is 0.133. The van der Waals surface area contributed by atoms with Gasteiger partial charge in [0.15, 0.2) is 0 Å². The molecule has 61 heavy (non-hydrogen) atoms. The number of benzene rings is 8. The van der Waals surface area contributed by atoms with Gasteiger partial charge in [-0.15, -0.1) is 0 Å². The lowest BCUT2D eigenvalue weighted by atomic mass is 9.77. The van der Waals surface area contributed by atoms with Gasteiger partial charge in [-0.05, 0) is 127 Å². The van der Waals surface area contributed by atoms with Gasteiger partial charge in [-0.3, -0.25) is 0 Å². The van der Waals surface area contributed by atoms with Gasteiger partial charge < -0.3 is 4.90 Å². The summed E-state index contributed by atoms with van der Waals surface area (Å²) in [7, 11) is 0. The van der Waals surface area contributed by atoms with Gasteiger partial charge in [-0.1, -0.05) is 197 Å². The smallest absolute Gasteiger partial charge is 0.0462 e. The number of hydrogen-bond acceptors (Lipinski definition) is 1. The molecule has 0 saturated heterocycles. The first-order chi connectivity index (χ1) is 29.7. The normalized spacial score (nSPS) is 16.4. The predicted octanol–water partition coefficient (Wildman–Crippen LogP) is 16.3. The average molecular weight is 784 g/mol. The van der Waals surface area contributed by atoms with E-state index in [2.05, 4.69) is 239 Å². The molecule has 0 saturated carbocycles. The molecule has 1 atom stereocenters. The van der Waals surface area contributed by atoms with E-state index in [1.807, 2.05) is 0 Å². The van der Waals surface area contributed by atoms with Crippen molar-refractivity contribution in [2.24, 2.45) is 0 Å². The first-order valence-electron chi connectivity index (χ1n) is 21.8. The standard InChI is InChI=1S/C60H49N/c1-59(2)55-16-10-8-14-51(55)53-36-28-46(38-57(53)59)44-24-32-49(33-25-44)61(48-30-22-43(23-31-48)42-20-18-41(19-21-42)40-12-6-5-7-13-40)50-34-26-45(27-35-50)47-29-37-54-52-15-9-11-17-56(52)60(3,4)58(54)39-47/h5-36,38-39,54H,37H2,1-4H3. The van der Waals surface area contributed by atoms with E-state index in [1.165, 1.54) is 83.5 Å². The van der Waals surface area contributed by atoms with Crippen LogP contribution in [-0.2, 0) is 10.8 Å². The molecule has 0 N–H and O–H groups in total. The maximum atomic E-state index is 2.48. The van der Waals surface area contributed by atoms with E-state index in [1.54, 1.807) is 0 Å². The Morgan fingerprint density at radius 1 is 0.393 bits per heavy atom. The minimum atomic E-state index is -0.0366. The summed E-state index contributed by atoms with van der Waals surface area (Å²) in [5.74, 6) is 0.469. The van der Waals surface area contributed by atoms with E-state index < -0.39 is 0 Å². The molecule has 294 valence electrons. The third-order valence-corrected chi connectivity index (χ3v) is 13.9. The Morgan fingerprint density at radius 2 is 0.852 bits per heavy atom. The summed E-state index contributed by atoms with van der Waals surface area (Å²) in [6.45, 7) is 9.49. The molecule has 0 radical (unpaired) electrons. The summed E-state index contributed by atoms with van der Waals surface area (Å²) < 4.78 is 0. The maximum absolute atomic E-state index is 2.48. The van der Waals surface area contributed by atoms with Crippen LogP contribution in [0.1, 0.15) is 67.9 Å². The van der Waals surface area contributed by atoms with E-state index >= 15 is 0 Å². The topological polar surface area (TPSA) is 3.24 Å². The molecule has 1 heteroatoms. The highest BCUT2D eigenvalue weighted by molar-refractivity contribution is 5.86. The van der Waals surface area contributed by atoms with Crippen LogP contribution in [0.25, 0.3) is 50.1 Å². The second kappa shape index (κ2) is 14.4. The SMILES string of the molecule is CC1(C)C2=CC(c3ccc(N(c4ccc(-c5ccc(-c6ccccc6)cc5)cc4)c4ccc(-c5ccc6c(c5)C(C)(C)c5ccccc5-6)cc4)cc3)=CCC2c2ccccc21. The zero-order chi connectivity index (χ0) is 41.3. The van der Waals surface area contributed by atoms with Crippen molar-refractivity contribution in [1.82, 2.24) is 0 Å². The molecule has 8 aromatic carbocycles. The van der Waals surface area contributed by atoms with Gasteiger partial charge in [0.1, 0.15) is 0 Å². The second-order valence-corrected chi connectivity index (χ2v) is 18.1. The van der Waals surface area contributed by atoms with Crippen LogP contribution in [0.15, 0.2) is 212 Å². The average Bonchev–Trinajstić information content (AvgIpc) is 3.69. The lowest BCUT2D eigenvalue weighted by molar-refractivity contribution is 0.613. The first kappa shape index (κ1) is 37.1. The summed E-state index contributed by atoms with van der Waals surface area (Å²) in [4.78, 5) is 2.39. The number of rotatable bonds is 7. The number of hydrogen-bond donors (Lipinski definition) is 0. The highest BCUT2D eigenvalue weighted by atomic mass is 15.1. The van der Waals surface area contributed by atoms with Crippen LogP contribution in [0.5, 0.6) is 0 Å². The van der Waals surface area contributed by atoms with Gasteiger partial charge >= 0.3 is 0 Å². The lowest BCUT2D eigenvalue weighted by Crippen LogP contribution is -2.17. The van der Waals surface area contributed by atoms with Gasteiger partial charge in [-0.25, -0.2) is 0 Å². The highest BCUT2D eigenvalue weighted by Crippen LogP contribution is 2.54. The van der Waals surface area contributed by atoms with Crippen molar-refractivity contribution in [2.75, 3.05) is 4.90 Å². The molecule has 3 aliphatic carbocycles. The summed E-state index contributed by atoms with van der Waals surface area (Å²) in [5.41, 5.74) is 23.3. The summed E-state index contributed by atoms with van der Waals surface area (Å²) in [5, 5.41) is 0. The molecule has 0 amide bonds. The van der Waals surface area contributed by atoms with Gasteiger partial charge in [-0.2, -0.15) is 0 Å². The van der Waals surface area contributed by atoms with E-state index in [0.717, 1.165) is 23.5 Å². The predicted molar refractivity (Wildman–Crippen MR) is 258 cm³/mol. The second-order valence-electron chi connectivity index (χ2n) is 18.1. The van der Waals surface area contributed by atoms with Crippen LogP contribution >= 0.6 is 0 Å². The molecular formula is C60H49N. The van der Waals surface area contributed by atoms with Crippen LogP contribution in [-0.4, -0.2) is 0 Å². The lowest BCUT2D eigenvalue weighted by Gasteiger charge is -2.28. The number of fused-ring (bicyclic) bond motifs is 6. The van der Waals surface area contributed by atoms with Gasteiger partial charge in [0, 0.05) is 33.8 Å². The Labute approximate surface area is 361 Å². The molecule has 11 rings (SSSR count). The van der Waals surface area contributed by atoms with Crippen LogP contribution in [0.3, 0.4) is 0 Å². The van der Waals surface area contributed by atoms with Gasteiger partial charge in [0.2, 0.25) is 0 Å². The third kappa shape index (κ3) is 6.22. The largest absolute Gasteiger partial charge is 0.311 e. The van der Waals surface area contributed by atoms with E-state index in [9.17, 15) is 0 Å². The Morgan fingerprint density at radius 3 is 1.48 bits per heavy atom. The fourth-order valence-corrected chi connectivity index (χ4v) is 10.6. The summed E-state index contributed by atoms with van der Waals surface area (Å²) >= 11 is 0. The summed E-state index contributed by atoms with van der Waals surface area (Å²) in [6, 6.07) is 71.8. The molecule has 0 bridgehead atoms. The van der Waals surface area contributed by atoms with E-state index in [-0.39, 0.29) is 10.8 Å². The van der Waals surface area contributed by atoms with Gasteiger partial charge in [0.25, 0.3) is 0 Å². The molecule has 0 heterocycles.